The van der Waals surface area contributed by atoms with Crippen molar-refractivity contribution in [2.45, 2.75) is 60.7 Å². The molecule has 23 nitrogen and oxygen atoms in total. The molecule has 9 N–H and O–H groups in total. The zero-order chi connectivity index (χ0) is 56.5. The highest BCUT2D eigenvalue weighted by molar-refractivity contribution is 7.89. The monoisotopic (exact) mass is 1120 g/mol. The zero-order valence-electron chi connectivity index (χ0n) is 42.0. The number of amides is 3. The van der Waals surface area contributed by atoms with E-state index in [0.29, 0.717) is 34.2 Å². The Hall–Kier alpha value is -9.46. The Morgan fingerprint density at radius 1 is 0.812 bits per heavy atom. The number of carbonyl (C=O) groups is 5. The van der Waals surface area contributed by atoms with Crippen LogP contribution in [-0.4, -0.2) is 116 Å². The van der Waals surface area contributed by atoms with Crippen molar-refractivity contribution < 1.29 is 57.2 Å². The molecule has 3 aliphatic rings. The number of hydrogen-bond acceptors (Lipinski definition) is 15. The number of aromatic amines is 1. The number of aromatic nitrogens is 3. The van der Waals surface area contributed by atoms with Gasteiger partial charge in [-0.05, 0) is 109 Å². The predicted molar refractivity (Wildman–Crippen MR) is 291 cm³/mol. The lowest BCUT2D eigenvalue weighted by molar-refractivity contribution is -0.142. The average Bonchev–Trinajstić information content (AvgIpc) is 4.18. The number of esters is 1. The van der Waals surface area contributed by atoms with E-state index in [1.165, 1.54) is 48.5 Å². The van der Waals surface area contributed by atoms with E-state index < -0.39 is 80.4 Å². The largest absolute Gasteiger partial charge is 0.508 e. The molecule has 25 heteroatoms. The standard InChI is InChI=1S/C55H49N9O14S2/c65-35-15-19-40-44(27-35)77-45-28-36(66)16-20-41(45)55(40)39-18-14-32(25-38(39)52(73)78-55)59-53(79)56-22-7-6-12-42(51(71)72)60-48(68)43-26-33(29-63(43)50(70)47-49(69)61-54(74)64(62-47)34-10-2-1-3-11-34)58-46(67)21-23-57-80(75,76)37-17-13-30-8-4-5-9-31(30)24-37/h1-5,8-11,13-20,24-25,27-28,33,42-43,57,65-66H,6-7,12,21-23,26,29H2,(H,58,67)(H,60,68)(H,71,72)(H2,56,59,79)(H,61,69,74)/t33-,42-,43-/m1/s1. The molecule has 0 unspecified atom stereocenters. The number of unbranched alkanes of at least 4 members (excludes halogenated alkanes) is 1. The van der Waals surface area contributed by atoms with E-state index in [4.69, 9.17) is 21.7 Å². The number of phenolic OH excluding ortho intramolecular Hbond substituents is 2. The normalized spacial score (nSPS) is 16.1. The number of carboxylic acids is 1. The quantitative estimate of drug-likeness (QED) is 0.0355. The van der Waals surface area contributed by atoms with E-state index in [0.717, 1.165) is 15.0 Å². The summed E-state index contributed by atoms with van der Waals surface area (Å²) in [6.45, 7) is -0.418. The van der Waals surface area contributed by atoms with Crippen LogP contribution in [0.1, 0.15) is 69.6 Å². The van der Waals surface area contributed by atoms with Crippen molar-refractivity contribution in [2.75, 3.05) is 25.0 Å². The van der Waals surface area contributed by atoms with Gasteiger partial charge in [-0.2, -0.15) is 9.78 Å². The van der Waals surface area contributed by atoms with E-state index in [9.17, 15) is 57.3 Å². The fourth-order valence-electron chi connectivity index (χ4n) is 10.0. The molecule has 1 fully saturated rings. The van der Waals surface area contributed by atoms with Crippen molar-refractivity contribution in [3.63, 3.8) is 0 Å². The number of ether oxygens (including phenoxy) is 2. The average molecular weight is 1120 g/mol. The molecule has 0 aliphatic carbocycles. The van der Waals surface area contributed by atoms with Gasteiger partial charge in [0.25, 0.3) is 11.5 Å². The molecule has 80 heavy (non-hydrogen) atoms. The minimum absolute atomic E-state index is 0.00642. The second kappa shape index (κ2) is 22.1. The Balaban J connectivity index is 0.769. The number of sulfonamides is 1. The van der Waals surface area contributed by atoms with Gasteiger partial charge in [0.1, 0.15) is 35.1 Å². The number of nitrogens with one attached hydrogen (secondary N) is 6. The Bertz CT molecular complexity index is 3860. The molecule has 410 valence electrons. The second-order valence-electron chi connectivity index (χ2n) is 19.1. The molecule has 0 radical (unpaired) electrons. The Kier molecular flexibility index (Phi) is 14.9. The molecule has 6 aromatic carbocycles. The van der Waals surface area contributed by atoms with Crippen molar-refractivity contribution in [2.24, 2.45) is 0 Å². The van der Waals surface area contributed by atoms with Gasteiger partial charge in [0.2, 0.25) is 27.5 Å². The van der Waals surface area contributed by atoms with E-state index in [1.54, 1.807) is 66.7 Å². The van der Waals surface area contributed by atoms with Crippen molar-refractivity contribution >= 4 is 73.5 Å². The molecule has 0 bridgehead atoms. The summed E-state index contributed by atoms with van der Waals surface area (Å²) in [4.78, 5) is 96.8. The van der Waals surface area contributed by atoms with Crippen LogP contribution in [-0.2, 0) is 34.7 Å². The van der Waals surface area contributed by atoms with Crippen LogP contribution in [0.5, 0.6) is 23.0 Å². The van der Waals surface area contributed by atoms with Crippen LogP contribution in [0.25, 0.3) is 16.5 Å². The molecule has 3 aliphatic heterocycles. The van der Waals surface area contributed by atoms with Gasteiger partial charge < -0.3 is 51.0 Å². The number of likely N-dealkylation sites (tertiary alicyclic amines) is 1. The van der Waals surface area contributed by atoms with E-state index >= 15 is 0 Å². The van der Waals surface area contributed by atoms with Gasteiger partial charge in [-0.3, -0.25) is 24.2 Å². The third-order valence-electron chi connectivity index (χ3n) is 13.8. The molecule has 1 aromatic heterocycles. The van der Waals surface area contributed by atoms with Crippen LogP contribution in [0.4, 0.5) is 5.69 Å². The summed E-state index contributed by atoms with van der Waals surface area (Å²) in [6.07, 6.45) is -0.0588. The molecule has 3 amide bonds. The molecule has 4 heterocycles. The number of carboxylic acid groups (broad SMARTS) is 1. The number of rotatable bonds is 17. The molecule has 1 saturated heterocycles. The minimum Gasteiger partial charge on any atom is -0.508 e. The Labute approximate surface area is 459 Å². The molecule has 7 aromatic rings. The van der Waals surface area contributed by atoms with E-state index in [1.807, 2.05) is 12.1 Å². The second-order valence-corrected chi connectivity index (χ2v) is 21.2. The van der Waals surface area contributed by atoms with E-state index in [2.05, 4.69) is 36.1 Å². The first-order chi connectivity index (χ1) is 38.4. The maximum Gasteiger partial charge on any atom is 0.349 e. The molecule has 1 spiro atoms. The lowest BCUT2D eigenvalue weighted by atomic mass is 9.77. The van der Waals surface area contributed by atoms with Gasteiger partial charge in [0, 0.05) is 66.6 Å². The number of H-pyrrole nitrogens is 1. The number of carbonyl (C=O) groups excluding carboxylic acids is 4. The van der Waals surface area contributed by atoms with Crippen LogP contribution in [0, 0.1) is 0 Å². The molecular weight excluding hydrogens is 1070 g/mol. The van der Waals surface area contributed by atoms with Gasteiger partial charge in [0.05, 0.1) is 16.1 Å². The number of aliphatic carboxylic acids is 1. The molecule has 3 atom stereocenters. The SMILES string of the molecule is O=C(CCNS(=O)(=O)c1ccc2ccccc2c1)N[C@@H]1C[C@H](C(=O)N[C@H](CCCCNC(=S)Nc2ccc3c(c2)C(=O)OC32c3ccc(O)cc3Oc3cc(O)ccc32)C(=O)O)N(C(=O)c2nn(-c3ccccc3)c(=O)[nH]c2=O)C1. The first-order valence-corrected chi connectivity index (χ1v) is 27.0. The van der Waals surface area contributed by atoms with E-state index in [-0.39, 0.29) is 89.6 Å². The van der Waals surface area contributed by atoms with Crippen molar-refractivity contribution in [3.8, 4) is 28.7 Å². The first kappa shape index (κ1) is 53.9. The van der Waals surface area contributed by atoms with Gasteiger partial charge >= 0.3 is 17.6 Å². The summed E-state index contributed by atoms with van der Waals surface area (Å²) in [5.74, 6) is -4.39. The number of hydrogen-bond donors (Lipinski definition) is 9. The number of anilines is 1. The number of fused-ring (bicyclic) bond motifs is 7. The number of nitrogens with zero attached hydrogens (tertiary/aromatic N) is 3. The van der Waals surface area contributed by atoms with Gasteiger partial charge in [0.15, 0.2) is 10.7 Å². The fourth-order valence-corrected chi connectivity index (χ4v) is 11.3. The highest BCUT2D eigenvalue weighted by atomic mass is 32.2. The minimum atomic E-state index is -4.03. The van der Waals surface area contributed by atoms with Crippen LogP contribution in [0.15, 0.2) is 142 Å². The van der Waals surface area contributed by atoms with Crippen LogP contribution < -0.4 is 42.0 Å². The van der Waals surface area contributed by atoms with Gasteiger partial charge in [-0.15, -0.1) is 0 Å². The van der Waals surface area contributed by atoms with Crippen molar-refractivity contribution in [1.29, 1.82) is 0 Å². The fraction of sp³-hybridized carbons (Fsp3) is 0.218. The maximum atomic E-state index is 14.3. The number of phenols is 2. The first-order valence-electron chi connectivity index (χ1n) is 25.1. The highest BCUT2D eigenvalue weighted by Gasteiger charge is 2.54. The third-order valence-corrected chi connectivity index (χ3v) is 15.5. The molecule has 0 saturated carbocycles. The number of aromatic hydroxyl groups is 2. The lowest BCUT2D eigenvalue weighted by Crippen LogP contribution is -2.52. The van der Waals surface area contributed by atoms with Crippen molar-refractivity contribution in [1.82, 2.24) is 40.3 Å². The summed E-state index contributed by atoms with van der Waals surface area (Å²) in [5.41, 5.74) is -2.05. The molecular formula is C55H49N9O14S2. The highest BCUT2D eigenvalue weighted by Crippen LogP contribution is 2.57. The summed E-state index contributed by atoms with van der Waals surface area (Å²) >= 11 is 5.54. The Morgan fingerprint density at radius 3 is 2.21 bits per heavy atom. The van der Waals surface area contributed by atoms with Crippen molar-refractivity contribution in [3.05, 3.63) is 176 Å². The van der Waals surface area contributed by atoms with Crippen LogP contribution >= 0.6 is 12.2 Å². The Morgan fingerprint density at radius 2 is 1.50 bits per heavy atom. The smallest absolute Gasteiger partial charge is 0.349 e. The molecule has 10 rings (SSSR count). The summed E-state index contributed by atoms with van der Waals surface area (Å²) in [6, 6.07) is 29.7. The predicted octanol–water partition coefficient (Wildman–Crippen LogP) is 3.85. The summed E-state index contributed by atoms with van der Waals surface area (Å²) < 4.78 is 41.6. The number of para-hydroxylation sites is 1. The topological polar surface area (TPSA) is 330 Å². The zero-order valence-corrected chi connectivity index (χ0v) is 43.6. The van der Waals surface area contributed by atoms with Gasteiger partial charge in [-0.25, -0.2) is 27.5 Å². The third kappa shape index (κ3) is 10.9. The van der Waals surface area contributed by atoms with Gasteiger partial charge in [-0.1, -0.05) is 54.6 Å². The number of benzene rings is 6. The van der Waals surface area contributed by atoms with Crippen LogP contribution in [0.2, 0.25) is 0 Å². The maximum absolute atomic E-state index is 14.3. The lowest BCUT2D eigenvalue weighted by Gasteiger charge is -2.36. The summed E-state index contributed by atoms with van der Waals surface area (Å²) in [7, 11) is -4.03. The van der Waals surface area contributed by atoms with Crippen LogP contribution in [0.3, 0.4) is 0 Å². The summed E-state index contributed by atoms with van der Waals surface area (Å²) in [5, 5.41) is 47.7. The number of thiocarbonyl (C=S) groups is 1.